The quantitative estimate of drug-likeness (QED) is 0.891. The summed E-state index contributed by atoms with van der Waals surface area (Å²) in [5.74, 6) is -0.972. The number of H-pyrrole nitrogens is 1. The van der Waals surface area contributed by atoms with Gasteiger partial charge in [-0.15, -0.1) is 0 Å². The molecule has 0 fully saturated rings. The molecule has 2 N–H and O–H groups in total. The lowest BCUT2D eigenvalue weighted by molar-refractivity contribution is 0.0697. The van der Waals surface area contributed by atoms with Crippen LogP contribution in [0.2, 0.25) is 0 Å². The molecule has 1 aromatic carbocycles. The number of nitrogens with one attached hydrogen (secondary N) is 1. The number of aromatic carboxylic acids is 1. The molecule has 0 unspecified atom stereocenters. The molecule has 6 heteroatoms. The maximum Gasteiger partial charge on any atom is 0.335 e. The highest BCUT2D eigenvalue weighted by Crippen LogP contribution is 2.25. The zero-order chi connectivity index (χ0) is 14.9. The third kappa shape index (κ3) is 2.54. The molecule has 6 nitrogen and oxygen atoms in total. The predicted molar refractivity (Wildman–Crippen MR) is 75.8 cm³/mol. The summed E-state index contributed by atoms with van der Waals surface area (Å²) in [6.45, 7) is 3.59. The number of carboxylic acids is 1. The molecule has 2 rings (SSSR count). The highest BCUT2D eigenvalue weighted by Gasteiger charge is 2.13. The number of aromatic amines is 1. The average molecular weight is 273 g/mol. The number of anilines is 2. The minimum absolute atomic E-state index is 0.222. The Hall–Kier alpha value is -2.63. The maximum absolute atomic E-state index is 11.8. The van der Waals surface area contributed by atoms with Crippen molar-refractivity contribution in [2.24, 2.45) is 0 Å². The van der Waals surface area contributed by atoms with E-state index in [0.29, 0.717) is 11.4 Å². The zero-order valence-corrected chi connectivity index (χ0v) is 11.5. The van der Waals surface area contributed by atoms with Gasteiger partial charge >= 0.3 is 5.97 Å². The van der Waals surface area contributed by atoms with E-state index in [1.807, 2.05) is 0 Å². The van der Waals surface area contributed by atoms with Crippen LogP contribution in [0.15, 0.2) is 29.1 Å². The van der Waals surface area contributed by atoms with Gasteiger partial charge in [-0.1, -0.05) is 0 Å². The summed E-state index contributed by atoms with van der Waals surface area (Å²) in [5.41, 5.74) is 2.64. The van der Waals surface area contributed by atoms with E-state index >= 15 is 0 Å². The molecule has 0 aliphatic heterocycles. The van der Waals surface area contributed by atoms with Crippen LogP contribution in [0.4, 0.5) is 11.4 Å². The molecular formula is C14H15N3O3. The fraction of sp³-hybridized carbons (Fsp3) is 0.214. The molecule has 0 aliphatic rings. The van der Waals surface area contributed by atoms with Crippen LogP contribution >= 0.6 is 0 Å². The van der Waals surface area contributed by atoms with Crippen LogP contribution in [0, 0.1) is 13.8 Å². The number of benzene rings is 1. The van der Waals surface area contributed by atoms with E-state index < -0.39 is 5.97 Å². The van der Waals surface area contributed by atoms with Crippen molar-refractivity contribution in [3.63, 3.8) is 0 Å². The number of hydrogen-bond donors (Lipinski definition) is 2. The molecule has 0 atom stereocenters. The van der Waals surface area contributed by atoms with E-state index in [-0.39, 0.29) is 11.1 Å². The molecule has 2 aromatic rings. The van der Waals surface area contributed by atoms with E-state index in [0.717, 1.165) is 11.3 Å². The standard InChI is InChI=1S/C14H15N3O3/c1-8-6-10(14(19)20)4-5-11(8)17(3)12-7-9(2)15-16-13(12)18/h4-7H,1-3H3,(H,16,18)(H,19,20). The number of hydrogen-bond acceptors (Lipinski definition) is 4. The lowest BCUT2D eigenvalue weighted by Crippen LogP contribution is -2.22. The Morgan fingerprint density at radius 2 is 1.95 bits per heavy atom. The molecule has 1 aromatic heterocycles. The Morgan fingerprint density at radius 3 is 2.55 bits per heavy atom. The fourth-order valence-corrected chi connectivity index (χ4v) is 2.04. The predicted octanol–water partition coefficient (Wildman–Crippen LogP) is 1.85. The molecule has 1 heterocycles. The molecule has 0 saturated carbocycles. The molecule has 0 aliphatic carbocycles. The van der Waals surface area contributed by atoms with Crippen molar-refractivity contribution in [3.8, 4) is 0 Å². The van der Waals surface area contributed by atoms with Gasteiger partial charge in [0.2, 0.25) is 0 Å². The Labute approximate surface area is 115 Å². The number of nitrogens with zero attached hydrogens (tertiary/aromatic N) is 2. The van der Waals surface area contributed by atoms with Crippen molar-refractivity contribution >= 4 is 17.3 Å². The van der Waals surface area contributed by atoms with Crippen molar-refractivity contribution in [1.82, 2.24) is 10.2 Å². The van der Waals surface area contributed by atoms with Gasteiger partial charge in [-0.05, 0) is 43.7 Å². The van der Waals surface area contributed by atoms with E-state index in [9.17, 15) is 9.59 Å². The van der Waals surface area contributed by atoms with Crippen LogP contribution in [0.3, 0.4) is 0 Å². The van der Waals surface area contributed by atoms with E-state index in [2.05, 4.69) is 10.2 Å². The summed E-state index contributed by atoms with van der Waals surface area (Å²) >= 11 is 0. The minimum Gasteiger partial charge on any atom is -0.478 e. The normalized spacial score (nSPS) is 10.3. The first-order chi connectivity index (χ1) is 9.40. The minimum atomic E-state index is -0.972. The van der Waals surface area contributed by atoms with Crippen LogP contribution in [0.5, 0.6) is 0 Å². The molecule has 0 amide bonds. The Morgan fingerprint density at radius 1 is 1.25 bits per heavy atom. The number of aryl methyl sites for hydroxylation is 2. The van der Waals surface area contributed by atoms with E-state index in [1.165, 1.54) is 6.07 Å². The number of aromatic nitrogens is 2. The van der Waals surface area contributed by atoms with Gasteiger partial charge in [-0.3, -0.25) is 4.79 Å². The molecule has 0 saturated heterocycles. The molecular weight excluding hydrogens is 258 g/mol. The lowest BCUT2D eigenvalue weighted by Gasteiger charge is -2.21. The van der Waals surface area contributed by atoms with Crippen LogP contribution in [0.25, 0.3) is 0 Å². The van der Waals surface area contributed by atoms with Gasteiger partial charge in [0.25, 0.3) is 5.56 Å². The van der Waals surface area contributed by atoms with E-state index in [4.69, 9.17) is 5.11 Å². The topological polar surface area (TPSA) is 86.3 Å². The Bertz CT molecular complexity index is 722. The molecule has 0 bridgehead atoms. The Kier molecular flexibility index (Phi) is 3.56. The highest BCUT2D eigenvalue weighted by molar-refractivity contribution is 5.88. The van der Waals surface area contributed by atoms with Crippen LogP contribution in [0.1, 0.15) is 21.6 Å². The fourth-order valence-electron chi connectivity index (χ4n) is 2.04. The SMILES string of the molecule is Cc1cc(N(C)c2ccc(C(=O)O)cc2C)c(=O)[nH]n1. The van der Waals surface area contributed by atoms with Gasteiger partial charge in [0, 0.05) is 12.7 Å². The Balaban J connectivity index is 2.48. The van der Waals surface area contributed by atoms with Crippen molar-refractivity contribution in [1.29, 1.82) is 0 Å². The maximum atomic E-state index is 11.8. The monoisotopic (exact) mass is 273 g/mol. The number of rotatable bonds is 3. The lowest BCUT2D eigenvalue weighted by atomic mass is 10.1. The largest absolute Gasteiger partial charge is 0.478 e. The number of carbonyl (C=O) groups is 1. The summed E-state index contributed by atoms with van der Waals surface area (Å²) in [4.78, 5) is 24.5. The smallest absolute Gasteiger partial charge is 0.335 e. The summed E-state index contributed by atoms with van der Waals surface area (Å²) in [6, 6.07) is 6.47. The van der Waals surface area contributed by atoms with E-state index in [1.54, 1.807) is 44.0 Å². The van der Waals surface area contributed by atoms with Crippen molar-refractivity contribution in [2.75, 3.05) is 11.9 Å². The van der Waals surface area contributed by atoms with Crippen molar-refractivity contribution < 1.29 is 9.90 Å². The van der Waals surface area contributed by atoms with Crippen molar-refractivity contribution in [3.05, 3.63) is 51.4 Å². The zero-order valence-electron chi connectivity index (χ0n) is 11.5. The highest BCUT2D eigenvalue weighted by atomic mass is 16.4. The summed E-state index contributed by atoms with van der Waals surface area (Å²) in [7, 11) is 1.76. The first-order valence-electron chi connectivity index (χ1n) is 6.04. The second-order valence-electron chi connectivity index (χ2n) is 4.59. The summed E-state index contributed by atoms with van der Waals surface area (Å²) in [5, 5.41) is 15.2. The molecule has 0 spiro atoms. The van der Waals surface area contributed by atoms with Crippen LogP contribution in [-0.4, -0.2) is 28.3 Å². The summed E-state index contributed by atoms with van der Waals surface area (Å²) in [6.07, 6.45) is 0. The molecule has 20 heavy (non-hydrogen) atoms. The average Bonchev–Trinajstić information content (AvgIpc) is 2.40. The second-order valence-corrected chi connectivity index (χ2v) is 4.59. The second kappa shape index (κ2) is 5.16. The molecule has 0 radical (unpaired) electrons. The van der Waals surface area contributed by atoms with Gasteiger partial charge in [0.15, 0.2) is 0 Å². The number of carboxylic acid groups (broad SMARTS) is 1. The van der Waals surface area contributed by atoms with Gasteiger partial charge in [-0.2, -0.15) is 5.10 Å². The first-order valence-corrected chi connectivity index (χ1v) is 6.04. The third-order valence-electron chi connectivity index (χ3n) is 3.08. The first kappa shape index (κ1) is 13.8. The van der Waals surface area contributed by atoms with Gasteiger partial charge < -0.3 is 10.0 Å². The molecule has 104 valence electrons. The van der Waals surface area contributed by atoms with Crippen LogP contribution < -0.4 is 10.5 Å². The third-order valence-corrected chi connectivity index (χ3v) is 3.08. The van der Waals surface area contributed by atoms with Crippen LogP contribution in [-0.2, 0) is 0 Å². The summed E-state index contributed by atoms with van der Waals surface area (Å²) < 4.78 is 0. The van der Waals surface area contributed by atoms with Gasteiger partial charge in [-0.25, -0.2) is 9.89 Å². The van der Waals surface area contributed by atoms with Gasteiger partial charge in [0.05, 0.1) is 11.3 Å². The van der Waals surface area contributed by atoms with Gasteiger partial charge in [0.1, 0.15) is 5.69 Å². The van der Waals surface area contributed by atoms with Crippen molar-refractivity contribution in [2.45, 2.75) is 13.8 Å².